The molecule has 0 saturated carbocycles. The summed E-state index contributed by atoms with van der Waals surface area (Å²) in [6.45, 7) is 0. The Balaban J connectivity index is 2.07. The maximum absolute atomic E-state index is 13.3. The van der Waals surface area contributed by atoms with Gasteiger partial charge in [0.05, 0.1) is 16.6 Å². The van der Waals surface area contributed by atoms with Gasteiger partial charge in [0.1, 0.15) is 10.8 Å². The predicted molar refractivity (Wildman–Crippen MR) is 86.1 cm³/mol. The number of para-hydroxylation sites is 1. The van der Waals surface area contributed by atoms with Crippen LogP contribution in [0.5, 0.6) is 0 Å². The summed E-state index contributed by atoms with van der Waals surface area (Å²) in [5.41, 5.74) is 2.02. The van der Waals surface area contributed by atoms with Gasteiger partial charge in [-0.2, -0.15) is 0 Å². The molecule has 22 heavy (non-hydrogen) atoms. The minimum absolute atomic E-state index is 0.156. The number of carboxylic acid groups (broad SMARTS) is 1. The van der Waals surface area contributed by atoms with Crippen LogP contribution in [0.4, 0.5) is 4.39 Å². The van der Waals surface area contributed by atoms with Crippen molar-refractivity contribution in [2.24, 2.45) is 0 Å². The normalized spacial score (nSPS) is 11.8. The van der Waals surface area contributed by atoms with E-state index in [0.717, 1.165) is 10.2 Å². The predicted octanol–water partition coefficient (Wildman–Crippen LogP) is 4.45. The lowest BCUT2D eigenvalue weighted by Crippen LogP contribution is -1.97. The van der Waals surface area contributed by atoms with Crippen molar-refractivity contribution in [3.8, 4) is 0 Å². The summed E-state index contributed by atoms with van der Waals surface area (Å²) in [6.07, 6.45) is 1.52. The zero-order valence-electron chi connectivity index (χ0n) is 11.5. The van der Waals surface area contributed by atoms with Gasteiger partial charge < -0.3 is 5.11 Å². The van der Waals surface area contributed by atoms with E-state index in [1.54, 1.807) is 18.2 Å². The molecule has 0 aliphatic rings. The third-order valence-electron chi connectivity index (χ3n) is 3.10. The highest BCUT2D eigenvalue weighted by Crippen LogP contribution is 2.30. The van der Waals surface area contributed by atoms with Crippen LogP contribution in [-0.4, -0.2) is 16.1 Å². The monoisotopic (exact) mass is 313 g/mol. The van der Waals surface area contributed by atoms with E-state index in [0.29, 0.717) is 16.1 Å². The second-order valence-electron chi connectivity index (χ2n) is 4.78. The van der Waals surface area contributed by atoms with E-state index < -0.39 is 5.97 Å². The molecule has 0 atom stereocenters. The molecule has 0 saturated heterocycles. The molecule has 1 N–H and O–H groups in total. The van der Waals surface area contributed by atoms with Gasteiger partial charge in [0.25, 0.3) is 0 Å². The molecule has 0 aliphatic carbocycles. The van der Waals surface area contributed by atoms with E-state index in [1.165, 1.54) is 23.5 Å². The number of carbonyl (C=O) groups is 1. The third kappa shape index (κ3) is 3.20. The lowest BCUT2D eigenvalue weighted by atomic mass is 10.1. The maximum Gasteiger partial charge on any atom is 0.307 e. The molecule has 3 aromatic rings. The van der Waals surface area contributed by atoms with Gasteiger partial charge in [-0.05, 0) is 41.5 Å². The van der Waals surface area contributed by atoms with Crippen LogP contribution in [0.25, 0.3) is 21.9 Å². The van der Waals surface area contributed by atoms with Gasteiger partial charge in [0, 0.05) is 0 Å². The summed E-state index contributed by atoms with van der Waals surface area (Å²) in [6, 6.07) is 13.7. The number of halogens is 1. The zero-order chi connectivity index (χ0) is 15.5. The Bertz CT molecular complexity index is 837. The summed E-state index contributed by atoms with van der Waals surface area (Å²) in [7, 11) is 0. The fourth-order valence-electron chi connectivity index (χ4n) is 2.16. The van der Waals surface area contributed by atoms with Gasteiger partial charge >= 0.3 is 5.97 Å². The van der Waals surface area contributed by atoms with Crippen molar-refractivity contribution in [2.75, 3.05) is 0 Å². The molecule has 3 rings (SSSR count). The highest BCUT2D eigenvalue weighted by Gasteiger charge is 2.12. The summed E-state index contributed by atoms with van der Waals surface area (Å²) in [5.74, 6) is -1.30. The third-order valence-corrected chi connectivity index (χ3v) is 4.21. The second-order valence-corrected chi connectivity index (χ2v) is 5.81. The minimum atomic E-state index is -0.943. The molecule has 3 nitrogen and oxygen atoms in total. The van der Waals surface area contributed by atoms with Crippen LogP contribution >= 0.6 is 11.3 Å². The van der Waals surface area contributed by atoms with Crippen LogP contribution < -0.4 is 0 Å². The Labute approximate surface area is 130 Å². The Kier molecular flexibility index (Phi) is 3.98. The maximum atomic E-state index is 13.3. The molecule has 1 aromatic heterocycles. The van der Waals surface area contributed by atoms with Crippen LogP contribution in [0.3, 0.4) is 0 Å². The number of fused-ring (bicyclic) bond motifs is 1. The number of thiazole rings is 1. The summed E-state index contributed by atoms with van der Waals surface area (Å²) >= 11 is 1.43. The number of rotatable bonds is 4. The van der Waals surface area contributed by atoms with Gasteiger partial charge in [-0.25, -0.2) is 9.37 Å². The Morgan fingerprint density at radius 3 is 2.77 bits per heavy atom. The van der Waals surface area contributed by atoms with Crippen LogP contribution in [0.2, 0.25) is 0 Å². The van der Waals surface area contributed by atoms with Gasteiger partial charge in [-0.1, -0.05) is 24.3 Å². The molecule has 0 aliphatic heterocycles. The van der Waals surface area contributed by atoms with Gasteiger partial charge in [-0.3, -0.25) is 4.79 Å². The first kappa shape index (κ1) is 14.4. The standard InChI is InChI=1S/C17H12FNO2S/c18-13-5-3-4-11(9-13)8-12(10-16(20)21)17-19-14-6-1-2-7-15(14)22-17/h1-9H,10H2,(H,20,21)/b12-8-. The van der Waals surface area contributed by atoms with E-state index in [-0.39, 0.29) is 12.2 Å². The molecule has 0 spiro atoms. The van der Waals surface area contributed by atoms with Crippen molar-refractivity contribution in [1.82, 2.24) is 4.98 Å². The number of hydrogen-bond acceptors (Lipinski definition) is 3. The first-order valence-electron chi connectivity index (χ1n) is 6.66. The average Bonchev–Trinajstić information content (AvgIpc) is 2.90. The average molecular weight is 313 g/mol. The number of carboxylic acids is 1. The SMILES string of the molecule is O=C(O)C/C(=C/c1cccc(F)c1)c1nc2ccccc2s1. The topological polar surface area (TPSA) is 50.2 Å². The fourth-order valence-corrected chi connectivity index (χ4v) is 3.14. The van der Waals surface area contributed by atoms with Crippen molar-refractivity contribution in [2.45, 2.75) is 6.42 Å². The number of benzene rings is 2. The first-order chi connectivity index (χ1) is 10.6. The molecule has 0 fully saturated rings. The number of aliphatic carboxylic acids is 1. The van der Waals surface area contributed by atoms with Crippen molar-refractivity contribution in [1.29, 1.82) is 0 Å². The van der Waals surface area contributed by atoms with Crippen LogP contribution in [0.1, 0.15) is 17.0 Å². The summed E-state index contributed by atoms with van der Waals surface area (Å²) < 4.78 is 14.3. The van der Waals surface area contributed by atoms with Crippen molar-refractivity contribution in [3.63, 3.8) is 0 Å². The largest absolute Gasteiger partial charge is 0.481 e. The van der Waals surface area contributed by atoms with E-state index >= 15 is 0 Å². The van der Waals surface area contributed by atoms with E-state index in [9.17, 15) is 9.18 Å². The Morgan fingerprint density at radius 2 is 2.05 bits per heavy atom. The van der Waals surface area contributed by atoms with Crippen LogP contribution in [0.15, 0.2) is 48.5 Å². The van der Waals surface area contributed by atoms with Crippen LogP contribution in [-0.2, 0) is 4.79 Å². The number of hydrogen-bond donors (Lipinski definition) is 1. The van der Waals surface area contributed by atoms with E-state index in [1.807, 2.05) is 24.3 Å². The molecule has 0 radical (unpaired) electrons. The minimum Gasteiger partial charge on any atom is -0.481 e. The lowest BCUT2D eigenvalue weighted by molar-refractivity contribution is -0.135. The summed E-state index contributed by atoms with van der Waals surface area (Å²) in [4.78, 5) is 15.6. The van der Waals surface area contributed by atoms with Crippen molar-refractivity contribution in [3.05, 3.63) is 64.9 Å². The molecule has 0 unspecified atom stereocenters. The van der Waals surface area contributed by atoms with E-state index in [2.05, 4.69) is 4.98 Å². The molecule has 0 amide bonds. The van der Waals surface area contributed by atoms with E-state index in [4.69, 9.17) is 5.11 Å². The molecule has 0 bridgehead atoms. The first-order valence-corrected chi connectivity index (χ1v) is 7.47. The zero-order valence-corrected chi connectivity index (χ0v) is 12.3. The highest BCUT2D eigenvalue weighted by molar-refractivity contribution is 7.19. The van der Waals surface area contributed by atoms with Gasteiger partial charge in [0.2, 0.25) is 0 Å². The number of nitrogens with zero attached hydrogens (tertiary/aromatic N) is 1. The van der Waals surface area contributed by atoms with Crippen molar-refractivity contribution < 1.29 is 14.3 Å². The molecule has 1 heterocycles. The van der Waals surface area contributed by atoms with Crippen LogP contribution in [0, 0.1) is 5.82 Å². The summed E-state index contributed by atoms with van der Waals surface area (Å²) in [5, 5.41) is 9.76. The lowest BCUT2D eigenvalue weighted by Gasteiger charge is -2.01. The smallest absolute Gasteiger partial charge is 0.307 e. The second kappa shape index (κ2) is 6.07. The quantitative estimate of drug-likeness (QED) is 0.774. The Hall–Kier alpha value is -2.53. The fraction of sp³-hybridized carbons (Fsp3) is 0.0588. The molecule has 5 heteroatoms. The molecule has 2 aromatic carbocycles. The van der Waals surface area contributed by atoms with Gasteiger partial charge in [-0.15, -0.1) is 11.3 Å². The highest BCUT2D eigenvalue weighted by atomic mass is 32.1. The molecule has 110 valence electrons. The Morgan fingerprint density at radius 1 is 1.23 bits per heavy atom. The van der Waals surface area contributed by atoms with Crippen molar-refractivity contribution >= 4 is 39.2 Å². The van der Waals surface area contributed by atoms with Gasteiger partial charge in [0.15, 0.2) is 0 Å². The molecular formula is C17H12FNO2S. The number of aromatic nitrogens is 1. The molecular weight excluding hydrogens is 301 g/mol.